The summed E-state index contributed by atoms with van der Waals surface area (Å²) in [5.41, 5.74) is -0.224. The smallest absolute Gasteiger partial charge is 0.336 e. The predicted octanol–water partition coefficient (Wildman–Crippen LogP) is 6.03. The van der Waals surface area contributed by atoms with E-state index in [4.69, 9.17) is 23.2 Å². The predicted molar refractivity (Wildman–Crippen MR) is 97.0 cm³/mol. The van der Waals surface area contributed by atoms with Gasteiger partial charge in [0.2, 0.25) is 0 Å². The van der Waals surface area contributed by atoms with Crippen molar-refractivity contribution < 1.29 is 13.2 Å². The fourth-order valence-corrected chi connectivity index (χ4v) is 3.21. The van der Waals surface area contributed by atoms with Crippen LogP contribution in [0.3, 0.4) is 0 Å². The summed E-state index contributed by atoms with van der Waals surface area (Å²) in [5.74, 6) is -0.133. The molecule has 2 aromatic heterocycles. The van der Waals surface area contributed by atoms with Gasteiger partial charge in [-0.2, -0.15) is 13.2 Å². The first-order valence-corrected chi connectivity index (χ1v) is 9.35. The Kier molecular flexibility index (Phi) is 5.50. The number of hydrogen-bond acceptors (Lipinski definition) is 3. The lowest BCUT2D eigenvalue weighted by molar-refractivity contribution is -0.141. The third kappa shape index (κ3) is 4.00. The van der Waals surface area contributed by atoms with Crippen LogP contribution in [0.4, 0.5) is 13.2 Å². The first kappa shape index (κ1) is 19.1. The number of nitrogens with zero attached hydrogens (tertiary/aromatic N) is 2. The summed E-state index contributed by atoms with van der Waals surface area (Å²) >= 11 is 13.1. The second-order valence-corrected chi connectivity index (χ2v) is 7.08. The number of thioether (sulfide) groups is 1. The molecule has 0 aliphatic rings. The van der Waals surface area contributed by atoms with Crippen LogP contribution in [0.5, 0.6) is 0 Å². The van der Waals surface area contributed by atoms with E-state index in [0.29, 0.717) is 16.4 Å². The van der Waals surface area contributed by atoms with E-state index >= 15 is 0 Å². The molecule has 2 heterocycles. The second-order valence-electron chi connectivity index (χ2n) is 5.39. The normalized spacial score (nSPS) is 13.0. The monoisotopic (exact) mass is 417 g/mol. The van der Waals surface area contributed by atoms with Gasteiger partial charge in [0.05, 0.1) is 27.9 Å². The highest BCUT2D eigenvalue weighted by Gasteiger charge is 2.36. The lowest BCUT2D eigenvalue weighted by Crippen LogP contribution is -2.14. The van der Waals surface area contributed by atoms with Gasteiger partial charge in [0.15, 0.2) is 5.69 Å². The maximum atomic E-state index is 13.2. The number of imidazole rings is 1. The molecule has 1 unspecified atom stereocenters. The van der Waals surface area contributed by atoms with E-state index < -0.39 is 22.8 Å². The summed E-state index contributed by atoms with van der Waals surface area (Å²) < 4.78 is 39.7. The third-order valence-electron chi connectivity index (χ3n) is 3.70. The number of nitrogens with one attached hydrogen (secondary N) is 1. The van der Waals surface area contributed by atoms with Gasteiger partial charge in [-0.25, -0.2) is 9.97 Å². The van der Waals surface area contributed by atoms with E-state index in [1.807, 2.05) is 6.26 Å². The van der Waals surface area contributed by atoms with Crippen molar-refractivity contribution in [1.82, 2.24) is 15.0 Å². The molecule has 0 saturated heterocycles. The number of rotatable bonds is 4. The molecule has 3 aromatic rings. The Morgan fingerprint density at radius 2 is 1.77 bits per heavy atom. The molecule has 1 atom stereocenters. The highest BCUT2D eigenvalue weighted by atomic mass is 35.5. The molecule has 0 aliphatic heterocycles. The first-order valence-electron chi connectivity index (χ1n) is 7.37. The quantitative estimate of drug-likeness (QED) is 0.526. The minimum absolute atomic E-state index is 0.186. The van der Waals surface area contributed by atoms with Crippen molar-refractivity contribution >= 4 is 35.0 Å². The van der Waals surface area contributed by atoms with Gasteiger partial charge < -0.3 is 4.98 Å². The Morgan fingerprint density at radius 1 is 1.08 bits per heavy atom. The minimum Gasteiger partial charge on any atom is -0.336 e. The van der Waals surface area contributed by atoms with Gasteiger partial charge in [0.25, 0.3) is 0 Å². The largest absolute Gasteiger partial charge is 0.434 e. The van der Waals surface area contributed by atoms with E-state index in [0.717, 1.165) is 5.03 Å². The number of benzene rings is 1. The highest BCUT2D eigenvalue weighted by Crippen LogP contribution is 2.37. The molecule has 9 heteroatoms. The summed E-state index contributed by atoms with van der Waals surface area (Å²) in [6.07, 6.45) is -1.15. The van der Waals surface area contributed by atoms with Crippen molar-refractivity contribution in [2.45, 2.75) is 17.1 Å². The van der Waals surface area contributed by atoms with Gasteiger partial charge in [-0.1, -0.05) is 35.3 Å². The van der Waals surface area contributed by atoms with Crippen LogP contribution in [0.1, 0.15) is 28.7 Å². The molecule has 0 bridgehead atoms. The Balaban J connectivity index is 2.16. The van der Waals surface area contributed by atoms with Crippen LogP contribution in [0.25, 0.3) is 0 Å². The summed E-state index contributed by atoms with van der Waals surface area (Å²) in [6, 6.07) is 9.48. The van der Waals surface area contributed by atoms with Gasteiger partial charge in [-0.3, -0.25) is 0 Å². The number of H-pyrrole nitrogens is 1. The molecular weight excluding hydrogens is 406 g/mol. The summed E-state index contributed by atoms with van der Waals surface area (Å²) in [4.78, 5) is 11.2. The third-order valence-corrected chi connectivity index (χ3v) is 4.90. The summed E-state index contributed by atoms with van der Waals surface area (Å²) in [6.45, 7) is 0. The van der Waals surface area contributed by atoms with E-state index in [-0.39, 0.29) is 5.69 Å². The molecule has 26 heavy (non-hydrogen) atoms. The van der Waals surface area contributed by atoms with Crippen molar-refractivity contribution in [2.24, 2.45) is 0 Å². The van der Waals surface area contributed by atoms with Crippen LogP contribution in [-0.2, 0) is 6.18 Å². The standard InChI is InChI=1S/C17H12Cl2F3N3S/c1-26-13-8-23-16(25-13)14(9-2-4-10(18)5-3-9)12-7-6-11(19)15(24-12)17(20,21)22/h2-8,14H,1H3,(H,23,25). The molecular formula is C17H12Cl2F3N3S. The fraction of sp³-hybridized carbons (Fsp3) is 0.176. The lowest BCUT2D eigenvalue weighted by atomic mass is 9.94. The van der Waals surface area contributed by atoms with Crippen molar-refractivity contribution in [1.29, 1.82) is 0 Å². The molecule has 0 spiro atoms. The van der Waals surface area contributed by atoms with E-state index in [1.54, 1.807) is 30.5 Å². The van der Waals surface area contributed by atoms with Crippen LogP contribution >= 0.6 is 35.0 Å². The molecule has 1 N–H and O–H groups in total. The summed E-state index contributed by atoms with van der Waals surface area (Å²) in [5, 5.41) is 0.876. The zero-order valence-electron chi connectivity index (χ0n) is 13.3. The SMILES string of the molecule is CSc1cnc(C(c2ccc(Cl)cc2)c2ccc(Cl)c(C(F)(F)F)n2)[nH]1. The maximum absolute atomic E-state index is 13.2. The molecule has 3 rings (SSSR count). The zero-order valence-corrected chi connectivity index (χ0v) is 15.6. The summed E-state index contributed by atoms with van der Waals surface area (Å²) in [7, 11) is 0. The molecule has 0 amide bonds. The molecule has 3 nitrogen and oxygen atoms in total. The van der Waals surface area contributed by atoms with Crippen LogP contribution in [0, 0.1) is 0 Å². The molecule has 136 valence electrons. The Hall–Kier alpha value is -1.70. The molecule has 0 radical (unpaired) electrons. The number of aromatic amines is 1. The Bertz CT molecular complexity index is 910. The van der Waals surface area contributed by atoms with Crippen molar-refractivity contribution in [3.8, 4) is 0 Å². The van der Waals surface area contributed by atoms with Crippen molar-refractivity contribution in [2.75, 3.05) is 6.26 Å². The maximum Gasteiger partial charge on any atom is 0.434 e. The lowest BCUT2D eigenvalue weighted by Gasteiger charge is -2.17. The Morgan fingerprint density at radius 3 is 2.35 bits per heavy atom. The van der Waals surface area contributed by atoms with Gasteiger partial charge in [-0.15, -0.1) is 11.8 Å². The van der Waals surface area contributed by atoms with E-state index in [9.17, 15) is 13.2 Å². The van der Waals surface area contributed by atoms with Crippen LogP contribution in [0.15, 0.2) is 47.6 Å². The van der Waals surface area contributed by atoms with Crippen LogP contribution in [0.2, 0.25) is 10.0 Å². The number of pyridine rings is 1. The average Bonchev–Trinajstić information content (AvgIpc) is 3.06. The van der Waals surface area contributed by atoms with Crippen molar-refractivity contribution in [3.05, 3.63) is 75.4 Å². The second kappa shape index (κ2) is 7.50. The number of aromatic nitrogens is 3. The zero-order chi connectivity index (χ0) is 18.9. The number of halogens is 5. The minimum atomic E-state index is -4.65. The average molecular weight is 418 g/mol. The molecule has 0 aliphatic carbocycles. The van der Waals surface area contributed by atoms with Gasteiger partial charge in [-0.05, 0) is 36.1 Å². The highest BCUT2D eigenvalue weighted by molar-refractivity contribution is 7.98. The van der Waals surface area contributed by atoms with Gasteiger partial charge in [0.1, 0.15) is 5.82 Å². The fourth-order valence-electron chi connectivity index (χ4n) is 2.51. The van der Waals surface area contributed by atoms with Gasteiger partial charge in [0, 0.05) is 5.02 Å². The van der Waals surface area contributed by atoms with Crippen LogP contribution < -0.4 is 0 Å². The van der Waals surface area contributed by atoms with Crippen LogP contribution in [-0.4, -0.2) is 21.2 Å². The molecule has 0 saturated carbocycles. The van der Waals surface area contributed by atoms with E-state index in [1.165, 1.54) is 23.9 Å². The molecule has 1 aromatic carbocycles. The molecule has 0 fully saturated rings. The Labute approximate surface area is 162 Å². The van der Waals surface area contributed by atoms with E-state index in [2.05, 4.69) is 15.0 Å². The first-order chi connectivity index (χ1) is 12.3. The van der Waals surface area contributed by atoms with Gasteiger partial charge >= 0.3 is 6.18 Å². The number of hydrogen-bond donors (Lipinski definition) is 1. The number of alkyl halides is 3. The van der Waals surface area contributed by atoms with Crippen molar-refractivity contribution in [3.63, 3.8) is 0 Å². The topological polar surface area (TPSA) is 41.6 Å².